The summed E-state index contributed by atoms with van der Waals surface area (Å²) in [5.74, 6) is -1.95. The normalized spacial score (nSPS) is 22.2. The van der Waals surface area contributed by atoms with Crippen molar-refractivity contribution in [2.45, 2.75) is 55.9 Å². The number of hydrogen-bond donors (Lipinski definition) is 2. The number of carbonyl (C=O) groups is 1. The standard InChI is InChI=1S/C32H33F5N8O2S/c1-43(16-6-11-44(14-16)28(46)21-13-39-21)27-18-12-19(32(35,36)37)22(17-4-5-20(33)26-25(17)40-29(38)48-26)23(34)24(18)41-30(42-27)47-15-31-7-2-9-45(31)10-3-8-31/h4-5,12,16,21,39H,2-3,6-11,13-15H2,1H3,(H2,38,40). The lowest BCUT2D eigenvalue weighted by Crippen LogP contribution is -2.43. The maximum absolute atomic E-state index is 16.9. The van der Waals surface area contributed by atoms with Crippen LogP contribution in [0.2, 0.25) is 0 Å². The summed E-state index contributed by atoms with van der Waals surface area (Å²) in [6.07, 6.45) is -0.567. The molecule has 0 saturated carbocycles. The number of alkyl halides is 3. The number of nitrogens with zero attached hydrogens (tertiary/aromatic N) is 6. The second-order valence-corrected chi connectivity index (χ2v) is 14.2. The molecule has 8 rings (SSSR count). The van der Waals surface area contributed by atoms with E-state index < -0.39 is 28.9 Å². The predicted molar refractivity (Wildman–Crippen MR) is 171 cm³/mol. The molecule has 4 saturated heterocycles. The zero-order chi connectivity index (χ0) is 33.5. The first-order valence-corrected chi connectivity index (χ1v) is 16.8. The Balaban J connectivity index is 1.28. The Kier molecular flexibility index (Phi) is 7.41. The topological polar surface area (TPSA) is 123 Å². The summed E-state index contributed by atoms with van der Waals surface area (Å²) in [5, 5.41) is 2.78. The number of anilines is 2. The van der Waals surface area contributed by atoms with Gasteiger partial charge in [0.25, 0.3) is 0 Å². The molecule has 1 amide bonds. The van der Waals surface area contributed by atoms with Crippen molar-refractivity contribution in [3.05, 3.63) is 35.4 Å². The predicted octanol–water partition coefficient (Wildman–Crippen LogP) is 4.80. The molecular formula is C32H33F5N8O2S. The highest BCUT2D eigenvalue weighted by Gasteiger charge is 2.45. The largest absolute Gasteiger partial charge is 0.461 e. The van der Waals surface area contributed by atoms with Crippen molar-refractivity contribution in [2.75, 3.05) is 57.0 Å². The lowest BCUT2D eigenvalue weighted by atomic mass is 9.95. The number of nitrogen functional groups attached to an aromatic ring is 1. The fourth-order valence-corrected chi connectivity index (χ4v) is 8.51. The number of aromatic nitrogens is 3. The van der Waals surface area contributed by atoms with Gasteiger partial charge in [0.1, 0.15) is 23.8 Å². The molecule has 2 unspecified atom stereocenters. The molecule has 48 heavy (non-hydrogen) atoms. The van der Waals surface area contributed by atoms with Gasteiger partial charge in [0.15, 0.2) is 10.9 Å². The number of nitrogens with two attached hydrogens (primary N) is 1. The van der Waals surface area contributed by atoms with Crippen molar-refractivity contribution < 1.29 is 31.5 Å². The summed E-state index contributed by atoms with van der Waals surface area (Å²) in [7, 11) is 1.68. The summed E-state index contributed by atoms with van der Waals surface area (Å²) in [6, 6.07) is 2.22. The Morgan fingerprint density at radius 1 is 1.15 bits per heavy atom. The highest BCUT2D eigenvalue weighted by molar-refractivity contribution is 7.22. The van der Waals surface area contributed by atoms with Gasteiger partial charge in [-0.3, -0.25) is 9.69 Å². The van der Waals surface area contributed by atoms with Crippen molar-refractivity contribution >= 4 is 49.3 Å². The second kappa shape index (κ2) is 11.3. The number of amides is 1. The third-order valence-corrected chi connectivity index (χ3v) is 11.2. The molecule has 10 nitrogen and oxygen atoms in total. The number of halogens is 5. The lowest BCUT2D eigenvalue weighted by molar-refractivity contribution is -0.137. The van der Waals surface area contributed by atoms with Gasteiger partial charge in [-0.1, -0.05) is 11.3 Å². The molecule has 4 aliphatic heterocycles. The molecule has 2 aromatic heterocycles. The Morgan fingerprint density at radius 3 is 2.60 bits per heavy atom. The van der Waals surface area contributed by atoms with Crippen molar-refractivity contribution in [1.82, 2.24) is 30.1 Å². The van der Waals surface area contributed by atoms with Gasteiger partial charge in [-0.05, 0) is 63.4 Å². The SMILES string of the molecule is CN(c1nc(OCC23CCCN2CCC3)nc2c(F)c(-c3ccc(F)c4sc(N)nc34)c(C(F)(F)F)cc12)C1CCN(C(=O)C2CN2)C1. The molecule has 4 fully saturated rings. The van der Waals surface area contributed by atoms with Crippen LogP contribution in [0.25, 0.3) is 32.2 Å². The molecular weight excluding hydrogens is 655 g/mol. The summed E-state index contributed by atoms with van der Waals surface area (Å²) < 4.78 is 82.3. The first-order chi connectivity index (χ1) is 22.9. The van der Waals surface area contributed by atoms with Crippen LogP contribution in [0.1, 0.15) is 37.7 Å². The Hall–Kier alpha value is -3.89. The van der Waals surface area contributed by atoms with Gasteiger partial charge in [0.05, 0.1) is 27.4 Å². The number of ether oxygens (including phenoxy) is 1. The van der Waals surface area contributed by atoms with E-state index in [9.17, 15) is 22.4 Å². The third kappa shape index (κ3) is 5.19. The van der Waals surface area contributed by atoms with Crippen molar-refractivity contribution in [2.24, 2.45) is 0 Å². The number of carbonyl (C=O) groups excluding carboxylic acids is 1. The highest BCUT2D eigenvalue weighted by atomic mass is 32.1. The number of fused-ring (bicyclic) bond motifs is 3. The summed E-state index contributed by atoms with van der Waals surface area (Å²) >= 11 is 0.766. The highest BCUT2D eigenvalue weighted by Crippen LogP contribution is 2.46. The van der Waals surface area contributed by atoms with Crippen LogP contribution in [0.5, 0.6) is 6.01 Å². The summed E-state index contributed by atoms with van der Waals surface area (Å²) in [5.41, 5.74) is 2.72. The molecule has 3 N–H and O–H groups in total. The summed E-state index contributed by atoms with van der Waals surface area (Å²) in [4.78, 5) is 31.6. The lowest BCUT2D eigenvalue weighted by Gasteiger charge is -2.32. The molecule has 6 heterocycles. The van der Waals surface area contributed by atoms with Gasteiger partial charge >= 0.3 is 12.2 Å². The van der Waals surface area contributed by atoms with Gasteiger partial charge in [-0.25, -0.2) is 13.8 Å². The van der Waals surface area contributed by atoms with Gasteiger partial charge < -0.3 is 25.6 Å². The number of nitrogens with one attached hydrogen (secondary N) is 1. The molecule has 254 valence electrons. The van der Waals surface area contributed by atoms with Crippen molar-refractivity contribution in [3.8, 4) is 17.1 Å². The van der Waals surface area contributed by atoms with Crippen LogP contribution in [0.15, 0.2) is 18.2 Å². The van der Waals surface area contributed by atoms with E-state index in [0.717, 1.165) is 68.3 Å². The average molecular weight is 689 g/mol. The van der Waals surface area contributed by atoms with E-state index in [4.69, 9.17) is 10.5 Å². The number of rotatable bonds is 7. The van der Waals surface area contributed by atoms with Gasteiger partial charge in [-0.15, -0.1) is 0 Å². The first kappa shape index (κ1) is 31.4. The molecule has 0 bridgehead atoms. The number of thiazole rings is 1. The smallest absolute Gasteiger partial charge is 0.417 e. The summed E-state index contributed by atoms with van der Waals surface area (Å²) in [6.45, 7) is 3.58. The Labute approximate surface area is 276 Å². The molecule has 2 atom stereocenters. The monoisotopic (exact) mass is 688 g/mol. The Bertz CT molecular complexity index is 1940. The number of benzene rings is 2. The van der Waals surface area contributed by atoms with E-state index >= 15 is 4.39 Å². The second-order valence-electron chi connectivity index (χ2n) is 13.2. The quantitative estimate of drug-likeness (QED) is 0.208. The van der Waals surface area contributed by atoms with E-state index in [2.05, 4.69) is 25.2 Å². The zero-order valence-corrected chi connectivity index (χ0v) is 26.9. The van der Waals surface area contributed by atoms with E-state index in [-0.39, 0.29) is 73.8 Å². The van der Waals surface area contributed by atoms with Gasteiger partial charge in [0.2, 0.25) is 5.91 Å². The molecule has 4 aromatic rings. The minimum Gasteiger partial charge on any atom is -0.461 e. The third-order valence-electron chi connectivity index (χ3n) is 10.3. The molecule has 0 radical (unpaired) electrons. The number of likely N-dealkylation sites (tertiary alicyclic amines) is 1. The van der Waals surface area contributed by atoms with E-state index in [1.165, 1.54) is 0 Å². The van der Waals surface area contributed by atoms with Crippen LogP contribution < -0.4 is 20.7 Å². The fourth-order valence-electron chi connectivity index (χ4n) is 7.75. The molecule has 0 spiro atoms. The number of hydrogen-bond acceptors (Lipinski definition) is 10. The van der Waals surface area contributed by atoms with E-state index in [1.807, 2.05) is 0 Å². The van der Waals surface area contributed by atoms with Crippen molar-refractivity contribution in [1.29, 1.82) is 0 Å². The number of likely N-dealkylation sites (N-methyl/N-ethyl adjacent to an activating group) is 1. The zero-order valence-electron chi connectivity index (χ0n) is 26.0. The maximum Gasteiger partial charge on any atom is 0.417 e. The Morgan fingerprint density at radius 2 is 1.90 bits per heavy atom. The molecule has 0 aliphatic carbocycles. The van der Waals surface area contributed by atoms with Gasteiger partial charge in [0, 0.05) is 49.2 Å². The van der Waals surface area contributed by atoms with Crippen molar-refractivity contribution in [3.63, 3.8) is 0 Å². The average Bonchev–Trinajstić information content (AvgIpc) is 3.34. The maximum atomic E-state index is 16.9. The molecule has 16 heteroatoms. The van der Waals surface area contributed by atoms with Crippen LogP contribution in [-0.4, -0.2) is 94.7 Å². The van der Waals surface area contributed by atoms with E-state index in [1.54, 1.807) is 16.8 Å². The van der Waals surface area contributed by atoms with Gasteiger partial charge in [-0.2, -0.15) is 23.1 Å². The van der Waals surface area contributed by atoms with Crippen LogP contribution in [0, 0.1) is 11.6 Å². The first-order valence-electron chi connectivity index (χ1n) is 16.0. The minimum absolute atomic E-state index is 0.0252. The fraction of sp³-hybridized carbons (Fsp3) is 0.500. The van der Waals surface area contributed by atoms with Crippen LogP contribution in [-0.2, 0) is 11.0 Å². The molecule has 4 aliphatic rings. The molecule has 2 aromatic carbocycles. The van der Waals surface area contributed by atoms with Crippen LogP contribution >= 0.6 is 11.3 Å². The van der Waals surface area contributed by atoms with Crippen LogP contribution in [0.4, 0.5) is 32.9 Å². The van der Waals surface area contributed by atoms with Crippen LogP contribution in [0.3, 0.4) is 0 Å². The van der Waals surface area contributed by atoms with E-state index in [0.29, 0.717) is 26.1 Å². The minimum atomic E-state index is -5.01.